The number of aromatic nitrogens is 4. The highest BCUT2D eigenvalue weighted by Crippen LogP contribution is 2.30. The molecule has 1 unspecified atom stereocenters. The zero-order valence-corrected chi connectivity index (χ0v) is 18.1. The van der Waals surface area contributed by atoms with Gasteiger partial charge in [-0.1, -0.05) is 0 Å². The van der Waals surface area contributed by atoms with Crippen LogP contribution in [0.15, 0.2) is 30.6 Å². The largest absolute Gasteiger partial charge is 0.370 e. The summed E-state index contributed by atoms with van der Waals surface area (Å²) in [5, 5.41) is 4.05. The normalized spacial score (nSPS) is 17.6. The van der Waals surface area contributed by atoms with E-state index in [2.05, 4.69) is 24.7 Å². The van der Waals surface area contributed by atoms with Crippen LogP contribution in [0, 0.1) is 12.8 Å². The average Bonchev–Trinajstić information content (AvgIpc) is 3.15. The Kier molecular flexibility index (Phi) is 5.89. The van der Waals surface area contributed by atoms with Crippen LogP contribution in [0.25, 0.3) is 16.9 Å². The Labute approximate surface area is 179 Å². The van der Waals surface area contributed by atoms with Crippen molar-refractivity contribution in [2.75, 3.05) is 30.8 Å². The lowest BCUT2D eigenvalue weighted by molar-refractivity contribution is 0.144. The minimum absolute atomic E-state index is 0.194. The molecule has 166 valence electrons. The molecule has 1 aliphatic rings. The maximum absolute atomic E-state index is 13.1. The first-order valence-corrected chi connectivity index (χ1v) is 11.9. The highest BCUT2D eigenvalue weighted by atomic mass is 32.2. The van der Waals surface area contributed by atoms with Crippen molar-refractivity contribution < 1.29 is 17.2 Å². The van der Waals surface area contributed by atoms with E-state index in [1.807, 2.05) is 13.0 Å². The van der Waals surface area contributed by atoms with Gasteiger partial charge in [-0.15, -0.1) is 0 Å². The van der Waals surface area contributed by atoms with Crippen LogP contribution < -0.4 is 9.62 Å². The predicted octanol–water partition coefficient (Wildman–Crippen LogP) is 2.80. The molecule has 0 radical (unpaired) electrons. The number of nitrogens with one attached hydrogen (secondary N) is 1. The van der Waals surface area contributed by atoms with Crippen LogP contribution in [0.3, 0.4) is 0 Å². The number of sulfonamides is 1. The third-order valence-electron chi connectivity index (χ3n) is 5.47. The van der Waals surface area contributed by atoms with Crippen molar-refractivity contribution in [3.63, 3.8) is 0 Å². The minimum atomic E-state index is -3.23. The quantitative estimate of drug-likeness (QED) is 0.621. The van der Waals surface area contributed by atoms with Gasteiger partial charge < -0.3 is 4.90 Å². The maximum Gasteiger partial charge on any atom is 0.282 e. The Hall–Kier alpha value is -2.66. The van der Waals surface area contributed by atoms with Gasteiger partial charge in [-0.25, -0.2) is 31.4 Å². The van der Waals surface area contributed by atoms with Gasteiger partial charge >= 0.3 is 0 Å². The van der Waals surface area contributed by atoms with Gasteiger partial charge in [0.15, 0.2) is 5.65 Å². The number of anilines is 1. The Morgan fingerprint density at radius 2 is 2.06 bits per heavy atom. The fourth-order valence-corrected chi connectivity index (χ4v) is 4.42. The van der Waals surface area contributed by atoms with E-state index in [-0.39, 0.29) is 11.6 Å². The number of fused-ring (bicyclic) bond motifs is 1. The molecule has 11 heteroatoms. The van der Waals surface area contributed by atoms with Crippen molar-refractivity contribution in [3.8, 4) is 11.3 Å². The van der Waals surface area contributed by atoms with Gasteiger partial charge in [0, 0.05) is 30.9 Å². The zero-order valence-electron chi connectivity index (χ0n) is 17.3. The monoisotopic (exact) mass is 450 g/mol. The number of imidazole rings is 1. The van der Waals surface area contributed by atoms with Gasteiger partial charge in [0.2, 0.25) is 10.0 Å². The molecule has 8 nitrogen and oxygen atoms in total. The summed E-state index contributed by atoms with van der Waals surface area (Å²) in [4.78, 5) is 11.0. The lowest BCUT2D eigenvalue weighted by Crippen LogP contribution is -2.40. The summed E-state index contributed by atoms with van der Waals surface area (Å²) in [5.74, 6) is 0.194. The van der Waals surface area contributed by atoms with Crippen molar-refractivity contribution in [2.45, 2.75) is 26.2 Å². The highest BCUT2D eigenvalue weighted by molar-refractivity contribution is 7.88. The van der Waals surface area contributed by atoms with E-state index in [0.29, 0.717) is 24.4 Å². The summed E-state index contributed by atoms with van der Waals surface area (Å²) in [7, 11) is -3.23. The summed E-state index contributed by atoms with van der Waals surface area (Å²) in [5.41, 5.74) is 3.16. The number of nitrogens with zero attached hydrogens (tertiary/aromatic N) is 5. The van der Waals surface area contributed by atoms with Gasteiger partial charge in [0.1, 0.15) is 5.69 Å². The molecule has 4 heterocycles. The second-order valence-electron chi connectivity index (χ2n) is 7.87. The number of hydrogen-bond donors (Lipinski definition) is 1. The van der Waals surface area contributed by atoms with Crippen LogP contribution in [0.4, 0.5) is 14.5 Å². The second-order valence-corrected chi connectivity index (χ2v) is 9.71. The van der Waals surface area contributed by atoms with Gasteiger partial charge in [-0.05, 0) is 43.9 Å². The van der Waals surface area contributed by atoms with Gasteiger partial charge in [-0.3, -0.25) is 4.98 Å². The van der Waals surface area contributed by atoms with E-state index < -0.39 is 16.4 Å². The first-order chi connectivity index (χ1) is 14.7. The van der Waals surface area contributed by atoms with E-state index in [9.17, 15) is 17.2 Å². The Bertz CT molecular complexity index is 1200. The van der Waals surface area contributed by atoms with Crippen LogP contribution >= 0.6 is 0 Å². The number of hydrogen-bond acceptors (Lipinski definition) is 6. The van der Waals surface area contributed by atoms with Crippen LogP contribution in [-0.2, 0) is 10.0 Å². The number of aryl methyl sites for hydroxylation is 1. The average molecular weight is 451 g/mol. The SMILES string of the molecule is Cc1ncc(N2CCCC(CNS(C)(=O)=O)C2)cc1-c1cnc2ccc(C(F)F)nn12. The third-order valence-corrected chi connectivity index (χ3v) is 6.16. The smallest absolute Gasteiger partial charge is 0.282 e. The van der Waals surface area contributed by atoms with Crippen LogP contribution in [0.1, 0.15) is 30.7 Å². The lowest BCUT2D eigenvalue weighted by atomic mass is 9.97. The molecular formula is C20H24F2N6O2S. The molecule has 4 rings (SSSR count). The summed E-state index contributed by atoms with van der Waals surface area (Å²) < 4.78 is 53.1. The number of pyridine rings is 1. The Morgan fingerprint density at radius 1 is 1.26 bits per heavy atom. The van der Waals surface area contributed by atoms with Crippen molar-refractivity contribution in [1.82, 2.24) is 24.3 Å². The van der Waals surface area contributed by atoms with Crippen molar-refractivity contribution in [2.24, 2.45) is 5.92 Å². The fraction of sp³-hybridized carbons (Fsp3) is 0.450. The van der Waals surface area contributed by atoms with Crippen LogP contribution in [0.2, 0.25) is 0 Å². The molecule has 3 aromatic heterocycles. The minimum Gasteiger partial charge on any atom is -0.370 e. The van der Waals surface area contributed by atoms with Crippen molar-refractivity contribution in [3.05, 3.63) is 42.0 Å². The number of rotatable bonds is 6. The lowest BCUT2D eigenvalue weighted by Gasteiger charge is -2.34. The van der Waals surface area contributed by atoms with E-state index in [1.165, 1.54) is 16.6 Å². The molecule has 0 bridgehead atoms. The van der Waals surface area contributed by atoms with Gasteiger partial charge in [0.05, 0.1) is 30.0 Å². The van der Waals surface area contributed by atoms with E-state index in [0.717, 1.165) is 42.6 Å². The molecule has 1 atom stereocenters. The summed E-state index contributed by atoms with van der Waals surface area (Å²) in [6.45, 7) is 3.79. The van der Waals surface area contributed by atoms with Gasteiger partial charge in [0.25, 0.3) is 6.43 Å². The van der Waals surface area contributed by atoms with Crippen molar-refractivity contribution >= 4 is 21.4 Å². The Morgan fingerprint density at radius 3 is 2.81 bits per heavy atom. The number of piperidine rings is 1. The topological polar surface area (TPSA) is 92.5 Å². The Balaban J connectivity index is 1.63. The second kappa shape index (κ2) is 8.46. The molecule has 31 heavy (non-hydrogen) atoms. The fourth-order valence-electron chi connectivity index (χ4n) is 3.88. The molecule has 0 aliphatic carbocycles. The molecule has 1 fully saturated rings. The molecule has 0 saturated carbocycles. The molecule has 1 aliphatic heterocycles. The zero-order chi connectivity index (χ0) is 22.2. The van der Waals surface area contributed by atoms with Crippen LogP contribution in [-0.4, -0.2) is 53.9 Å². The van der Waals surface area contributed by atoms with E-state index in [1.54, 1.807) is 12.4 Å². The molecule has 1 saturated heterocycles. The standard InChI is InChI=1S/C20H24F2N6O2S/c1-13-16(18-11-24-19-6-5-17(20(21)22)26-28(18)19)8-15(10-23-13)27-7-3-4-14(12-27)9-25-31(2,29)30/h5-6,8,10-11,14,20,25H,3-4,7,9,12H2,1-2H3. The third kappa shape index (κ3) is 4.82. The summed E-state index contributed by atoms with van der Waals surface area (Å²) in [6, 6.07) is 4.76. The number of halogens is 2. The maximum atomic E-state index is 13.1. The number of alkyl halides is 2. The summed E-state index contributed by atoms with van der Waals surface area (Å²) in [6.07, 6.45) is 3.77. The molecule has 1 N–H and O–H groups in total. The molecule has 0 spiro atoms. The first-order valence-electron chi connectivity index (χ1n) is 10.0. The van der Waals surface area contributed by atoms with Crippen molar-refractivity contribution in [1.29, 1.82) is 0 Å². The molecule has 0 amide bonds. The molecule has 0 aromatic carbocycles. The van der Waals surface area contributed by atoms with E-state index in [4.69, 9.17) is 0 Å². The predicted molar refractivity (Wildman–Crippen MR) is 114 cm³/mol. The molecular weight excluding hydrogens is 426 g/mol. The van der Waals surface area contributed by atoms with Gasteiger partial charge in [-0.2, -0.15) is 5.10 Å². The van der Waals surface area contributed by atoms with Crippen LogP contribution in [0.5, 0.6) is 0 Å². The summed E-state index contributed by atoms with van der Waals surface area (Å²) >= 11 is 0. The first kappa shape index (κ1) is 21.6. The molecule has 3 aromatic rings. The highest BCUT2D eigenvalue weighted by Gasteiger charge is 2.23. The van der Waals surface area contributed by atoms with E-state index >= 15 is 0 Å².